The van der Waals surface area contributed by atoms with Crippen LogP contribution in [0.25, 0.3) is 0 Å². The second-order valence-corrected chi connectivity index (χ2v) is 5.59. The highest BCUT2D eigenvalue weighted by atomic mass is 28.2. The molecule has 0 aliphatic heterocycles. The lowest BCUT2D eigenvalue weighted by molar-refractivity contribution is 0.356. The molecule has 0 fully saturated rings. The summed E-state index contributed by atoms with van der Waals surface area (Å²) in [6.07, 6.45) is 0. The smallest absolute Gasteiger partial charge is 0.173 e. The molecule has 0 radical (unpaired) electrons. The first kappa shape index (κ1) is 12.1. The van der Waals surface area contributed by atoms with E-state index in [1.807, 2.05) is 0 Å². The summed E-state index contributed by atoms with van der Waals surface area (Å²) >= 11 is 0. The van der Waals surface area contributed by atoms with Crippen molar-refractivity contribution >= 4 is 9.76 Å². The van der Waals surface area contributed by atoms with Gasteiger partial charge >= 0.3 is 0 Å². The lowest BCUT2D eigenvalue weighted by Crippen LogP contribution is -2.13. The molecule has 0 bridgehead atoms. The van der Waals surface area contributed by atoms with E-state index < -0.39 is 9.76 Å². The number of benzene rings is 2. The van der Waals surface area contributed by atoms with Gasteiger partial charge in [0.2, 0.25) is 0 Å². The van der Waals surface area contributed by atoms with E-state index in [0.29, 0.717) is 5.54 Å². The van der Waals surface area contributed by atoms with Crippen LogP contribution in [0.5, 0.6) is 0 Å². The third kappa shape index (κ3) is 3.28. The molecule has 2 heteroatoms. The standard InChI is InChI=1S/C15H18OSi/c1-2-16-17-15(13-9-5-3-6-10-13)14-11-7-4-8-12-14/h3-12,15H,2,17H2,1H3. The fourth-order valence-corrected chi connectivity index (χ4v) is 3.39. The van der Waals surface area contributed by atoms with Gasteiger partial charge in [-0.2, -0.15) is 0 Å². The molecule has 1 nitrogen and oxygen atoms in total. The minimum atomic E-state index is -0.571. The fourth-order valence-electron chi connectivity index (χ4n) is 1.99. The Labute approximate surface area is 105 Å². The van der Waals surface area contributed by atoms with Gasteiger partial charge in [-0.05, 0) is 18.1 Å². The van der Waals surface area contributed by atoms with Gasteiger partial charge < -0.3 is 4.43 Å². The monoisotopic (exact) mass is 242 g/mol. The van der Waals surface area contributed by atoms with Gasteiger partial charge in [-0.15, -0.1) is 0 Å². The summed E-state index contributed by atoms with van der Waals surface area (Å²) in [5.41, 5.74) is 3.22. The van der Waals surface area contributed by atoms with Gasteiger partial charge in [-0.25, -0.2) is 0 Å². The van der Waals surface area contributed by atoms with Crippen molar-refractivity contribution in [3.05, 3.63) is 71.8 Å². The van der Waals surface area contributed by atoms with E-state index in [1.54, 1.807) is 0 Å². The van der Waals surface area contributed by atoms with Gasteiger partial charge in [0, 0.05) is 12.1 Å². The Morgan fingerprint density at radius 2 is 1.35 bits per heavy atom. The van der Waals surface area contributed by atoms with Crippen LogP contribution in [0.1, 0.15) is 23.6 Å². The van der Waals surface area contributed by atoms with Gasteiger partial charge in [0.15, 0.2) is 9.76 Å². The first-order chi connectivity index (χ1) is 8.42. The van der Waals surface area contributed by atoms with E-state index in [4.69, 9.17) is 4.43 Å². The zero-order chi connectivity index (χ0) is 11.9. The molecule has 17 heavy (non-hydrogen) atoms. The zero-order valence-corrected chi connectivity index (χ0v) is 11.6. The summed E-state index contributed by atoms with van der Waals surface area (Å²) in [5.74, 6) is 0. The van der Waals surface area contributed by atoms with Crippen LogP contribution in [0.4, 0.5) is 0 Å². The summed E-state index contributed by atoms with van der Waals surface area (Å²) in [6.45, 7) is 2.89. The molecule has 0 aliphatic carbocycles. The molecule has 0 atom stereocenters. The van der Waals surface area contributed by atoms with Crippen LogP contribution in [0, 0.1) is 0 Å². The van der Waals surface area contributed by atoms with E-state index in [-0.39, 0.29) is 0 Å². The maximum absolute atomic E-state index is 5.74. The van der Waals surface area contributed by atoms with Crippen LogP contribution in [0.15, 0.2) is 60.7 Å². The molecule has 0 aliphatic rings. The van der Waals surface area contributed by atoms with Crippen molar-refractivity contribution in [2.75, 3.05) is 6.61 Å². The minimum absolute atomic E-state index is 0.470. The Morgan fingerprint density at radius 1 is 0.882 bits per heavy atom. The summed E-state index contributed by atoms with van der Waals surface area (Å²) in [4.78, 5) is 0. The van der Waals surface area contributed by atoms with Crippen molar-refractivity contribution in [2.45, 2.75) is 12.5 Å². The first-order valence-corrected chi connectivity index (χ1v) is 7.49. The third-order valence-electron chi connectivity index (χ3n) is 2.89. The second-order valence-electron chi connectivity index (χ2n) is 4.03. The highest BCUT2D eigenvalue weighted by Crippen LogP contribution is 2.23. The van der Waals surface area contributed by atoms with E-state index in [2.05, 4.69) is 67.6 Å². The molecule has 0 aromatic heterocycles. The lowest BCUT2D eigenvalue weighted by atomic mass is 10.0. The summed E-state index contributed by atoms with van der Waals surface area (Å²) in [6, 6.07) is 21.3. The third-order valence-corrected chi connectivity index (χ3v) is 4.81. The van der Waals surface area contributed by atoms with E-state index >= 15 is 0 Å². The Bertz CT molecular complexity index is 388. The molecule has 2 aromatic rings. The van der Waals surface area contributed by atoms with Gasteiger partial charge in [0.25, 0.3) is 0 Å². The Hall–Kier alpha value is -1.38. The summed E-state index contributed by atoms with van der Waals surface area (Å²) in [7, 11) is -0.571. The van der Waals surface area contributed by atoms with Crippen molar-refractivity contribution in [3.8, 4) is 0 Å². The van der Waals surface area contributed by atoms with Crippen LogP contribution in [-0.4, -0.2) is 16.4 Å². The molecule has 88 valence electrons. The predicted octanol–water partition coefficient (Wildman–Crippen LogP) is 2.90. The van der Waals surface area contributed by atoms with Crippen molar-refractivity contribution in [3.63, 3.8) is 0 Å². The topological polar surface area (TPSA) is 9.23 Å². The Morgan fingerprint density at radius 3 is 1.76 bits per heavy atom. The molecule has 0 saturated heterocycles. The van der Waals surface area contributed by atoms with Crippen LogP contribution in [0.2, 0.25) is 0 Å². The molecular weight excluding hydrogens is 224 g/mol. The van der Waals surface area contributed by atoms with Crippen LogP contribution < -0.4 is 0 Å². The maximum atomic E-state index is 5.74. The molecule has 0 unspecified atom stereocenters. The normalized spacial score (nSPS) is 11.4. The first-order valence-electron chi connectivity index (χ1n) is 6.09. The van der Waals surface area contributed by atoms with E-state index in [0.717, 1.165) is 6.61 Å². The average molecular weight is 242 g/mol. The summed E-state index contributed by atoms with van der Waals surface area (Å²) in [5, 5.41) is 0. The largest absolute Gasteiger partial charge is 0.423 e. The average Bonchev–Trinajstić information content (AvgIpc) is 2.42. The minimum Gasteiger partial charge on any atom is -0.423 e. The predicted molar refractivity (Wildman–Crippen MR) is 74.9 cm³/mol. The molecule has 0 saturated carbocycles. The van der Waals surface area contributed by atoms with E-state index in [1.165, 1.54) is 11.1 Å². The summed E-state index contributed by atoms with van der Waals surface area (Å²) < 4.78 is 5.74. The Balaban J connectivity index is 2.26. The highest BCUT2D eigenvalue weighted by Gasteiger charge is 2.14. The molecule has 0 spiro atoms. The SMILES string of the molecule is CCO[SiH2]C(c1ccccc1)c1ccccc1. The highest BCUT2D eigenvalue weighted by molar-refractivity contribution is 6.31. The fraction of sp³-hybridized carbons (Fsp3) is 0.200. The van der Waals surface area contributed by atoms with Crippen molar-refractivity contribution in [1.29, 1.82) is 0 Å². The molecule has 0 amide bonds. The second kappa shape index (κ2) is 6.38. The lowest BCUT2D eigenvalue weighted by Gasteiger charge is -2.17. The molecular formula is C15H18OSi. The van der Waals surface area contributed by atoms with Gasteiger partial charge in [0.05, 0.1) is 0 Å². The number of rotatable bonds is 5. The van der Waals surface area contributed by atoms with Crippen molar-refractivity contribution in [2.24, 2.45) is 0 Å². The van der Waals surface area contributed by atoms with Crippen LogP contribution in [-0.2, 0) is 4.43 Å². The molecule has 2 rings (SSSR count). The molecule has 0 N–H and O–H groups in total. The van der Waals surface area contributed by atoms with E-state index in [9.17, 15) is 0 Å². The van der Waals surface area contributed by atoms with Crippen molar-refractivity contribution in [1.82, 2.24) is 0 Å². The number of hydrogen-bond acceptors (Lipinski definition) is 1. The Kier molecular flexibility index (Phi) is 4.53. The van der Waals surface area contributed by atoms with Gasteiger partial charge in [0.1, 0.15) is 0 Å². The van der Waals surface area contributed by atoms with Crippen molar-refractivity contribution < 1.29 is 4.43 Å². The maximum Gasteiger partial charge on any atom is 0.173 e. The zero-order valence-electron chi connectivity index (χ0n) is 10.2. The van der Waals surface area contributed by atoms with Gasteiger partial charge in [-0.1, -0.05) is 60.7 Å². The van der Waals surface area contributed by atoms with Crippen LogP contribution >= 0.6 is 0 Å². The van der Waals surface area contributed by atoms with Gasteiger partial charge in [-0.3, -0.25) is 0 Å². The van der Waals surface area contributed by atoms with Crippen LogP contribution in [0.3, 0.4) is 0 Å². The molecule has 2 aromatic carbocycles. The quantitative estimate of drug-likeness (QED) is 0.733. The molecule has 0 heterocycles. The number of hydrogen-bond donors (Lipinski definition) is 0.